The van der Waals surface area contributed by atoms with Crippen LogP contribution in [0.15, 0.2) is 59.9 Å². The molecule has 1 saturated heterocycles. The molecule has 1 aliphatic rings. The molecule has 0 aliphatic carbocycles. The molecule has 5 rings (SSSR count). The van der Waals surface area contributed by atoms with Crippen LogP contribution in [-0.4, -0.2) is 56.1 Å². The van der Waals surface area contributed by atoms with Crippen LogP contribution in [0.5, 0.6) is 5.75 Å². The molecular formula is C31H31F2N5O3. The van der Waals surface area contributed by atoms with Gasteiger partial charge in [0, 0.05) is 25.7 Å². The molecule has 10 heteroatoms. The highest BCUT2D eigenvalue weighted by molar-refractivity contribution is 5.91. The minimum Gasteiger partial charge on any atom is -0.507 e. The van der Waals surface area contributed by atoms with Gasteiger partial charge in [-0.15, -0.1) is 0 Å². The Morgan fingerprint density at radius 1 is 1.12 bits per heavy atom. The fraction of sp³-hybridized carbons (Fsp3) is 0.290. The van der Waals surface area contributed by atoms with E-state index < -0.39 is 34.3 Å². The number of anilines is 1. The number of piperazine rings is 1. The van der Waals surface area contributed by atoms with Crippen LogP contribution in [0.4, 0.5) is 14.6 Å². The first-order valence-electron chi connectivity index (χ1n) is 13.4. The van der Waals surface area contributed by atoms with Gasteiger partial charge >= 0.3 is 5.69 Å². The molecule has 0 unspecified atom stereocenters. The summed E-state index contributed by atoms with van der Waals surface area (Å²) < 4.78 is 32.1. The molecule has 0 spiro atoms. The van der Waals surface area contributed by atoms with Crippen molar-refractivity contribution in [3.63, 3.8) is 0 Å². The van der Waals surface area contributed by atoms with E-state index in [4.69, 9.17) is 0 Å². The molecule has 1 atom stereocenters. The number of rotatable bonds is 5. The summed E-state index contributed by atoms with van der Waals surface area (Å²) in [5, 5.41) is 10.7. The maximum atomic E-state index is 15.8. The van der Waals surface area contributed by atoms with Gasteiger partial charge in [0.25, 0.3) is 0 Å². The first-order valence-corrected chi connectivity index (χ1v) is 13.4. The van der Waals surface area contributed by atoms with Gasteiger partial charge in [-0.25, -0.2) is 23.1 Å². The number of aromatic nitrogens is 3. The molecule has 0 radical (unpaired) electrons. The van der Waals surface area contributed by atoms with Crippen molar-refractivity contribution in [3.05, 3.63) is 88.4 Å². The highest BCUT2D eigenvalue weighted by Crippen LogP contribution is 2.37. The smallest absolute Gasteiger partial charge is 0.355 e. The highest BCUT2D eigenvalue weighted by atomic mass is 19.1. The molecule has 8 nitrogen and oxygen atoms in total. The third-order valence-electron chi connectivity index (χ3n) is 7.53. The number of carbonyl (C=O) groups excluding carboxylic acids is 1. The summed E-state index contributed by atoms with van der Waals surface area (Å²) in [5.41, 5.74) is 0.814. The summed E-state index contributed by atoms with van der Waals surface area (Å²) in [4.78, 5) is 38.6. The summed E-state index contributed by atoms with van der Waals surface area (Å²) in [6.45, 7) is 12.3. The Bertz CT molecular complexity index is 1730. The molecule has 1 N–H and O–H groups in total. The Morgan fingerprint density at radius 2 is 1.85 bits per heavy atom. The van der Waals surface area contributed by atoms with Gasteiger partial charge in [0.1, 0.15) is 23.1 Å². The average Bonchev–Trinajstić information content (AvgIpc) is 2.93. The largest absolute Gasteiger partial charge is 0.507 e. The molecule has 2 aromatic heterocycles. The van der Waals surface area contributed by atoms with E-state index >= 15 is 4.39 Å². The lowest BCUT2D eigenvalue weighted by atomic mass is 9.98. The Labute approximate surface area is 236 Å². The number of benzene rings is 2. The van der Waals surface area contributed by atoms with Crippen molar-refractivity contribution in [2.75, 3.05) is 24.5 Å². The molecule has 212 valence electrons. The zero-order valence-electron chi connectivity index (χ0n) is 23.4. The second-order valence-electron chi connectivity index (χ2n) is 10.6. The van der Waals surface area contributed by atoms with Gasteiger partial charge in [0.2, 0.25) is 5.91 Å². The molecule has 1 amide bonds. The monoisotopic (exact) mass is 559 g/mol. The first kappa shape index (κ1) is 27.9. The maximum absolute atomic E-state index is 15.8. The van der Waals surface area contributed by atoms with E-state index in [0.29, 0.717) is 25.3 Å². The molecule has 0 bridgehead atoms. The van der Waals surface area contributed by atoms with E-state index in [2.05, 4.69) is 16.5 Å². The molecule has 41 heavy (non-hydrogen) atoms. The SMILES string of the molecule is C=CC(=O)N1CCN(c2nc(=O)n(-c3c(C)cccc3C(C)C)c3nc(-c4c(O)cccc4F)c(F)cc23)[C@@H](C)C1. The lowest BCUT2D eigenvalue weighted by Gasteiger charge is -2.40. The molecule has 0 saturated carbocycles. The van der Waals surface area contributed by atoms with Crippen LogP contribution in [-0.2, 0) is 4.79 Å². The van der Waals surface area contributed by atoms with Crippen molar-refractivity contribution in [1.82, 2.24) is 19.4 Å². The van der Waals surface area contributed by atoms with E-state index in [-0.39, 0.29) is 34.7 Å². The van der Waals surface area contributed by atoms with Gasteiger partial charge in [0.15, 0.2) is 11.5 Å². The standard InChI is InChI=1S/C31H31F2N5O3/c1-6-25(40)36-13-14-37(19(5)16-36)29-21-15-23(33)27(26-22(32)11-8-12-24(26)39)34-30(21)38(31(41)35-29)28-18(4)9-7-10-20(28)17(2)3/h6-12,15,17,19,39H,1,13-14,16H2,2-5H3/t19-/m0/s1. The van der Waals surface area contributed by atoms with Crippen LogP contribution in [0, 0.1) is 18.6 Å². The number of carbonyl (C=O) groups is 1. The lowest BCUT2D eigenvalue weighted by Crippen LogP contribution is -2.54. The van der Waals surface area contributed by atoms with Gasteiger partial charge in [-0.05, 0) is 55.2 Å². The van der Waals surface area contributed by atoms with Crippen LogP contribution >= 0.6 is 0 Å². The van der Waals surface area contributed by atoms with Crippen LogP contribution in [0.3, 0.4) is 0 Å². The van der Waals surface area contributed by atoms with E-state index in [1.807, 2.05) is 50.8 Å². The van der Waals surface area contributed by atoms with Crippen LogP contribution in [0.1, 0.15) is 37.8 Å². The molecule has 1 aliphatic heterocycles. The zero-order chi connectivity index (χ0) is 29.6. The number of hydrogen-bond acceptors (Lipinski definition) is 6. The van der Waals surface area contributed by atoms with Gasteiger partial charge < -0.3 is 14.9 Å². The molecule has 3 heterocycles. The number of fused-ring (bicyclic) bond motifs is 1. The van der Waals surface area contributed by atoms with E-state index in [1.165, 1.54) is 28.8 Å². The minimum absolute atomic E-state index is 0.0255. The second kappa shape index (κ2) is 10.8. The van der Waals surface area contributed by atoms with Crippen molar-refractivity contribution in [2.24, 2.45) is 0 Å². The number of pyridine rings is 1. The third kappa shape index (κ3) is 4.83. The number of aromatic hydroxyl groups is 1. The van der Waals surface area contributed by atoms with Crippen molar-refractivity contribution in [3.8, 4) is 22.7 Å². The summed E-state index contributed by atoms with van der Waals surface area (Å²) in [6.07, 6.45) is 1.25. The number of para-hydroxylation sites is 1. The average molecular weight is 560 g/mol. The lowest BCUT2D eigenvalue weighted by molar-refractivity contribution is -0.126. The van der Waals surface area contributed by atoms with Gasteiger partial charge in [-0.3, -0.25) is 4.79 Å². The first-order chi connectivity index (χ1) is 19.5. The van der Waals surface area contributed by atoms with Crippen molar-refractivity contribution < 1.29 is 18.7 Å². The van der Waals surface area contributed by atoms with Crippen LogP contribution in [0.2, 0.25) is 0 Å². The molecular weight excluding hydrogens is 528 g/mol. The quantitative estimate of drug-likeness (QED) is 0.343. The van der Waals surface area contributed by atoms with Crippen molar-refractivity contribution in [2.45, 2.75) is 39.7 Å². The zero-order valence-corrected chi connectivity index (χ0v) is 23.4. The number of phenolic OH excluding ortho intramolecular Hbond substituents is 1. The third-order valence-corrected chi connectivity index (χ3v) is 7.53. The Balaban J connectivity index is 1.83. The Kier molecular flexibility index (Phi) is 7.33. The summed E-state index contributed by atoms with van der Waals surface area (Å²) in [7, 11) is 0. The topological polar surface area (TPSA) is 91.6 Å². The number of nitrogens with zero attached hydrogens (tertiary/aromatic N) is 5. The maximum Gasteiger partial charge on any atom is 0.355 e. The summed E-state index contributed by atoms with van der Waals surface area (Å²) >= 11 is 0. The number of halogens is 2. The number of phenols is 1. The molecule has 4 aromatic rings. The van der Waals surface area contributed by atoms with E-state index in [9.17, 15) is 19.1 Å². The van der Waals surface area contributed by atoms with Crippen LogP contribution < -0.4 is 10.6 Å². The number of hydrogen-bond donors (Lipinski definition) is 1. The van der Waals surface area contributed by atoms with Gasteiger partial charge in [0.05, 0.1) is 16.6 Å². The Hall–Kier alpha value is -4.60. The summed E-state index contributed by atoms with van der Waals surface area (Å²) in [5.74, 6) is -2.17. The predicted molar refractivity (Wildman–Crippen MR) is 155 cm³/mol. The fourth-order valence-corrected chi connectivity index (χ4v) is 5.50. The molecule has 2 aromatic carbocycles. The van der Waals surface area contributed by atoms with Crippen molar-refractivity contribution in [1.29, 1.82) is 0 Å². The molecule has 1 fully saturated rings. The fourth-order valence-electron chi connectivity index (χ4n) is 5.50. The normalized spacial score (nSPS) is 15.5. The van der Waals surface area contributed by atoms with Crippen molar-refractivity contribution >= 4 is 22.8 Å². The van der Waals surface area contributed by atoms with Gasteiger partial charge in [-0.1, -0.05) is 44.7 Å². The Morgan fingerprint density at radius 3 is 2.51 bits per heavy atom. The highest BCUT2D eigenvalue weighted by Gasteiger charge is 2.31. The summed E-state index contributed by atoms with van der Waals surface area (Å²) in [6, 6.07) is 10.2. The number of amides is 1. The van der Waals surface area contributed by atoms with Gasteiger partial charge in [-0.2, -0.15) is 4.98 Å². The number of aryl methyl sites for hydroxylation is 1. The minimum atomic E-state index is -0.881. The van der Waals surface area contributed by atoms with E-state index in [0.717, 1.165) is 17.2 Å². The van der Waals surface area contributed by atoms with E-state index in [1.54, 1.807) is 4.90 Å². The van der Waals surface area contributed by atoms with Crippen LogP contribution in [0.25, 0.3) is 28.0 Å². The predicted octanol–water partition coefficient (Wildman–Crippen LogP) is 5.09. The second-order valence-corrected chi connectivity index (χ2v) is 10.6.